The molecular formula is C27H32ClNO. The van der Waals surface area contributed by atoms with Gasteiger partial charge in [0.1, 0.15) is 0 Å². The molecule has 0 spiro atoms. The summed E-state index contributed by atoms with van der Waals surface area (Å²) in [5, 5.41) is 4.24. The first kappa shape index (κ1) is 22.6. The van der Waals surface area contributed by atoms with E-state index in [1.54, 1.807) is 0 Å². The normalized spacial score (nSPS) is 12.9. The van der Waals surface area contributed by atoms with Crippen molar-refractivity contribution in [2.45, 2.75) is 44.8 Å². The second-order valence-electron chi connectivity index (χ2n) is 8.81. The van der Waals surface area contributed by atoms with Crippen molar-refractivity contribution in [2.24, 2.45) is 0 Å². The Kier molecular flexibility index (Phi) is 7.71. The van der Waals surface area contributed by atoms with Gasteiger partial charge in [-0.25, -0.2) is 0 Å². The molecule has 3 heteroatoms. The van der Waals surface area contributed by atoms with Crippen LogP contribution in [0.15, 0.2) is 78.9 Å². The summed E-state index contributed by atoms with van der Waals surface area (Å²) >= 11 is 6.37. The molecule has 0 radical (unpaired) electrons. The maximum atomic E-state index is 6.37. The van der Waals surface area contributed by atoms with Gasteiger partial charge in [0.05, 0.1) is 13.2 Å². The molecule has 0 aliphatic rings. The number of ether oxygens (including phenoxy) is 1. The molecule has 3 aromatic carbocycles. The Bertz CT molecular complexity index is 879. The van der Waals surface area contributed by atoms with Crippen molar-refractivity contribution in [3.05, 3.63) is 106 Å². The molecule has 2 nitrogen and oxygen atoms in total. The summed E-state index contributed by atoms with van der Waals surface area (Å²) in [6.45, 7) is 7.74. The van der Waals surface area contributed by atoms with Gasteiger partial charge in [0.25, 0.3) is 0 Å². The molecule has 1 atom stereocenters. The van der Waals surface area contributed by atoms with Crippen molar-refractivity contribution in [2.75, 3.05) is 13.7 Å². The largest absolute Gasteiger partial charge is 0.375 e. The molecule has 0 aliphatic heterocycles. The van der Waals surface area contributed by atoms with Crippen molar-refractivity contribution >= 4 is 11.6 Å². The summed E-state index contributed by atoms with van der Waals surface area (Å²) in [6, 6.07) is 27.6. The fourth-order valence-electron chi connectivity index (χ4n) is 3.79. The lowest BCUT2D eigenvalue weighted by Crippen LogP contribution is -2.37. The summed E-state index contributed by atoms with van der Waals surface area (Å²) in [6.07, 6.45) is 0. The van der Waals surface area contributed by atoms with E-state index in [0.29, 0.717) is 13.2 Å². The molecule has 3 aromatic rings. The number of halogens is 1. The molecule has 158 valence electrons. The zero-order valence-corrected chi connectivity index (χ0v) is 19.1. The number of benzene rings is 3. The molecule has 0 bridgehead atoms. The van der Waals surface area contributed by atoms with Gasteiger partial charge >= 0.3 is 0 Å². The van der Waals surface area contributed by atoms with Crippen LogP contribution in [0.5, 0.6) is 0 Å². The van der Waals surface area contributed by atoms with Crippen molar-refractivity contribution in [3.8, 4) is 0 Å². The van der Waals surface area contributed by atoms with E-state index < -0.39 is 0 Å². The number of hydrogen-bond donors (Lipinski definition) is 1. The molecule has 30 heavy (non-hydrogen) atoms. The maximum absolute atomic E-state index is 6.37. The third kappa shape index (κ3) is 5.95. The minimum absolute atomic E-state index is 0.0544. The summed E-state index contributed by atoms with van der Waals surface area (Å²) in [4.78, 5) is 0. The Labute approximate surface area is 186 Å². The monoisotopic (exact) mass is 421 g/mol. The smallest absolute Gasteiger partial charge is 0.0718 e. The number of hydrogen-bond acceptors (Lipinski definition) is 2. The van der Waals surface area contributed by atoms with Gasteiger partial charge in [-0.1, -0.05) is 99.1 Å². The Hall–Kier alpha value is -2.13. The third-order valence-electron chi connectivity index (χ3n) is 5.48. The van der Waals surface area contributed by atoms with Crippen LogP contribution in [0.25, 0.3) is 0 Å². The van der Waals surface area contributed by atoms with Crippen LogP contribution < -0.4 is 5.32 Å². The Balaban J connectivity index is 1.76. The highest BCUT2D eigenvalue weighted by atomic mass is 35.5. The van der Waals surface area contributed by atoms with E-state index in [0.717, 1.165) is 10.6 Å². The molecule has 0 heterocycles. The lowest BCUT2D eigenvalue weighted by atomic mass is 9.85. The number of rotatable bonds is 8. The summed E-state index contributed by atoms with van der Waals surface area (Å²) in [5.74, 6) is 0.210. The highest BCUT2D eigenvalue weighted by Crippen LogP contribution is 2.29. The topological polar surface area (TPSA) is 21.3 Å². The summed E-state index contributed by atoms with van der Waals surface area (Å²) in [7, 11) is 2.00. The lowest BCUT2D eigenvalue weighted by Gasteiger charge is -2.28. The van der Waals surface area contributed by atoms with E-state index >= 15 is 0 Å². The van der Waals surface area contributed by atoms with Gasteiger partial charge in [0, 0.05) is 17.0 Å². The molecular weight excluding hydrogens is 390 g/mol. The van der Waals surface area contributed by atoms with Crippen LogP contribution in [-0.2, 0) is 16.8 Å². The average molecular weight is 422 g/mol. The maximum Gasteiger partial charge on any atom is 0.0718 e. The zero-order chi connectivity index (χ0) is 21.6. The van der Waals surface area contributed by atoms with Crippen LogP contribution in [0.2, 0.25) is 5.02 Å². The van der Waals surface area contributed by atoms with Crippen LogP contribution in [0, 0.1) is 0 Å². The van der Waals surface area contributed by atoms with Crippen LogP contribution in [0.4, 0.5) is 0 Å². The second-order valence-corrected chi connectivity index (χ2v) is 9.24. The average Bonchev–Trinajstić information content (AvgIpc) is 2.73. The summed E-state index contributed by atoms with van der Waals surface area (Å²) in [5.41, 5.74) is 4.95. The van der Waals surface area contributed by atoms with E-state index in [1.807, 2.05) is 19.2 Å². The lowest BCUT2D eigenvalue weighted by molar-refractivity contribution is 0.0963. The van der Waals surface area contributed by atoms with Crippen LogP contribution >= 0.6 is 11.6 Å². The molecule has 0 aromatic heterocycles. The molecule has 0 amide bonds. The minimum Gasteiger partial charge on any atom is -0.375 e. The molecule has 0 saturated carbocycles. The SMILES string of the molecule is CN[C@H](COCc1cc(Cl)cc(C(C)(C)C)c1)C(c1ccccc1)c1ccccc1. The Morgan fingerprint density at radius 2 is 1.43 bits per heavy atom. The van der Waals surface area contributed by atoms with Gasteiger partial charge in [-0.15, -0.1) is 0 Å². The van der Waals surface area contributed by atoms with E-state index in [-0.39, 0.29) is 17.4 Å². The highest BCUT2D eigenvalue weighted by Gasteiger charge is 2.24. The molecule has 0 saturated heterocycles. The zero-order valence-electron chi connectivity index (χ0n) is 18.4. The van der Waals surface area contributed by atoms with Gasteiger partial charge in [-0.2, -0.15) is 0 Å². The fourth-order valence-corrected chi connectivity index (χ4v) is 4.05. The van der Waals surface area contributed by atoms with E-state index in [1.165, 1.54) is 16.7 Å². The Morgan fingerprint density at radius 1 is 0.867 bits per heavy atom. The first-order valence-corrected chi connectivity index (χ1v) is 10.9. The molecule has 3 rings (SSSR count). The predicted octanol–water partition coefficient (Wildman–Crippen LogP) is 6.57. The quantitative estimate of drug-likeness (QED) is 0.443. The third-order valence-corrected chi connectivity index (χ3v) is 5.70. The van der Waals surface area contributed by atoms with E-state index in [2.05, 4.69) is 92.8 Å². The minimum atomic E-state index is 0.0544. The van der Waals surface area contributed by atoms with Crippen molar-refractivity contribution in [1.29, 1.82) is 0 Å². The first-order chi connectivity index (χ1) is 14.4. The van der Waals surface area contributed by atoms with Gasteiger partial charge in [0.15, 0.2) is 0 Å². The Morgan fingerprint density at radius 3 is 1.93 bits per heavy atom. The number of nitrogens with one attached hydrogen (secondary N) is 1. The molecule has 0 fully saturated rings. The standard InChI is InChI=1S/C27H32ClNO/c1-27(2,3)23-15-20(16-24(28)17-23)18-30-19-25(29-4)26(21-11-7-5-8-12-21)22-13-9-6-10-14-22/h5-17,25-26,29H,18-19H2,1-4H3/t25-/m1/s1. The van der Waals surface area contributed by atoms with E-state index in [4.69, 9.17) is 16.3 Å². The predicted molar refractivity (Wildman–Crippen MR) is 127 cm³/mol. The van der Waals surface area contributed by atoms with Crippen molar-refractivity contribution < 1.29 is 4.74 Å². The fraction of sp³-hybridized carbons (Fsp3) is 0.333. The summed E-state index contributed by atoms with van der Waals surface area (Å²) < 4.78 is 6.20. The van der Waals surface area contributed by atoms with Crippen LogP contribution in [-0.4, -0.2) is 19.7 Å². The van der Waals surface area contributed by atoms with Crippen LogP contribution in [0.1, 0.15) is 48.9 Å². The van der Waals surface area contributed by atoms with Crippen molar-refractivity contribution in [3.63, 3.8) is 0 Å². The molecule has 1 N–H and O–H groups in total. The second kappa shape index (κ2) is 10.3. The highest BCUT2D eigenvalue weighted by molar-refractivity contribution is 6.30. The van der Waals surface area contributed by atoms with Gasteiger partial charge in [0.2, 0.25) is 0 Å². The van der Waals surface area contributed by atoms with Gasteiger partial charge < -0.3 is 10.1 Å². The number of likely N-dealkylation sites (N-methyl/N-ethyl adjacent to an activating group) is 1. The van der Waals surface area contributed by atoms with Crippen LogP contribution in [0.3, 0.4) is 0 Å². The molecule has 0 aliphatic carbocycles. The van der Waals surface area contributed by atoms with Gasteiger partial charge in [-0.05, 0) is 46.8 Å². The first-order valence-electron chi connectivity index (χ1n) is 10.5. The molecule has 0 unspecified atom stereocenters. The van der Waals surface area contributed by atoms with E-state index in [9.17, 15) is 0 Å². The van der Waals surface area contributed by atoms with Gasteiger partial charge in [-0.3, -0.25) is 0 Å². The van der Waals surface area contributed by atoms with Crippen molar-refractivity contribution in [1.82, 2.24) is 5.32 Å².